The van der Waals surface area contributed by atoms with Crippen molar-refractivity contribution in [3.05, 3.63) is 41.5 Å². The number of benzene rings is 1. The maximum absolute atomic E-state index is 9.86. The summed E-state index contributed by atoms with van der Waals surface area (Å²) in [5, 5.41) is 29.2. The van der Waals surface area contributed by atoms with E-state index < -0.39 is 12.2 Å². The van der Waals surface area contributed by atoms with Crippen LogP contribution in [0.4, 0.5) is 0 Å². The quantitative estimate of drug-likeness (QED) is 0.711. The Bertz CT molecular complexity index is 441. The van der Waals surface area contributed by atoms with Gasteiger partial charge in [-0.25, -0.2) is 0 Å². The highest BCUT2D eigenvalue weighted by atomic mass is 16.5. The van der Waals surface area contributed by atoms with Gasteiger partial charge in [0.25, 0.3) is 0 Å². The van der Waals surface area contributed by atoms with E-state index in [1.54, 1.807) is 31.2 Å². The summed E-state index contributed by atoms with van der Waals surface area (Å²) >= 11 is 0. The Morgan fingerprint density at radius 3 is 2.94 bits per heavy atom. The van der Waals surface area contributed by atoms with Crippen LogP contribution in [-0.2, 0) is 11.3 Å². The van der Waals surface area contributed by atoms with Crippen molar-refractivity contribution >= 4 is 0 Å². The maximum Gasteiger partial charge on any atom is 0.121 e. The van der Waals surface area contributed by atoms with Crippen LogP contribution < -0.4 is 0 Å². The summed E-state index contributed by atoms with van der Waals surface area (Å²) in [7, 11) is 0. The standard InChI is InChI=1S/C14H18O4/c1-2-4-12(16)13(17)7-14-9-5-3-6-11(15)10(9)8-18-14/h2-6,12-17H,7-8H2,1H3/t12-,13+,14+/m0/s1. The Hall–Kier alpha value is -1.36. The van der Waals surface area contributed by atoms with Gasteiger partial charge in [0.05, 0.1) is 24.9 Å². The van der Waals surface area contributed by atoms with Gasteiger partial charge in [-0.05, 0) is 18.6 Å². The number of allylic oxidation sites excluding steroid dienone is 1. The molecule has 1 heterocycles. The molecule has 1 aliphatic heterocycles. The number of hydrogen-bond acceptors (Lipinski definition) is 4. The van der Waals surface area contributed by atoms with Crippen molar-refractivity contribution in [2.24, 2.45) is 0 Å². The predicted octanol–water partition coefficient (Wildman–Crippen LogP) is 1.65. The zero-order chi connectivity index (χ0) is 13.1. The minimum absolute atomic E-state index is 0.221. The Kier molecular flexibility index (Phi) is 4.01. The van der Waals surface area contributed by atoms with E-state index in [2.05, 4.69) is 0 Å². The van der Waals surface area contributed by atoms with Crippen molar-refractivity contribution < 1.29 is 20.1 Å². The molecule has 1 aliphatic rings. The second kappa shape index (κ2) is 5.52. The topological polar surface area (TPSA) is 69.9 Å². The molecule has 0 saturated heterocycles. The first-order valence-corrected chi connectivity index (χ1v) is 6.04. The number of aliphatic hydroxyl groups excluding tert-OH is 2. The van der Waals surface area contributed by atoms with Crippen LogP contribution in [0.1, 0.15) is 30.6 Å². The minimum Gasteiger partial charge on any atom is -0.508 e. The third-order valence-electron chi connectivity index (χ3n) is 3.20. The lowest BCUT2D eigenvalue weighted by molar-refractivity contribution is -0.0152. The normalized spacial score (nSPS) is 22.1. The van der Waals surface area contributed by atoms with Crippen LogP contribution in [0.5, 0.6) is 5.75 Å². The van der Waals surface area contributed by atoms with Crippen molar-refractivity contribution in [2.45, 2.75) is 38.3 Å². The zero-order valence-corrected chi connectivity index (χ0v) is 10.3. The number of phenolic OH excluding ortho intramolecular Hbond substituents is 1. The van der Waals surface area contributed by atoms with E-state index in [1.807, 2.05) is 6.07 Å². The molecule has 1 aromatic rings. The largest absolute Gasteiger partial charge is 0.508 e. The first-order chi connectivity index (χ1) is 8.63. The van der Waals surface area contributed by atoms with Gasteiger partial charge in [0, 0.05) is 12.0 Å². The highest BCUT2D eigenvalue weighted by molar-refractivity contribution is 5.42. The fourth-order valence-corrected chi connectivity index (χ4v) is 2.20. The van der Waals surface area contributed by atoms with E-state index >= 15 is 0 Å². The summed E-state index contributed by atoms with van der Waals surface area (Å²) in [5.41, 5.74) is 1.66. The first-order valence-electron chi connectivity index (χ1n) is 6.04. The van der Waals surface area contributed by atoms with Gasteiger partial charge < -0.3 is 20.1 Å². The number of rotatable bonds is 4. The molecule has 3 N–H and O–H groups in total. The van der Waals surface area contributed by atoms with Crippen LogP contribution in [-0.4, -0.2) is 27.5 Å². The van der Waals surface area contributed by atoms with Crippen LogP contribution in [0.25, 0.3) is 0 Å². The molecule has 18 heavy (non-hydrogen) atoms. The number of aliphatic hydroxyl groups is 2. The maximum atomic E-state index is 9.86. The van der Waals surface area contributed by atoms with Gasteiger partial charge in [-0.15, -0.1) is 0 Å². The number of fused-ring (bicyclic) bond motifs is 1. The number of phenols is 1. The fraction of sp³-hybridized carbons (Fsp3) is 0.429. The van der Waals surface area contributed by atoms with E-state index in [9.17, 15) is 15.3 Å². The van der Waals surface area contributed by atoms with E-state index in [1.165, 1.54) is 0 Å². The molecule has 2 rings (SSSR count). The summed E-state index contributed by atoms with van der Waals surface area (Å²) in [6.45, 7) is 2.13. The second-order valence-electron chi connectivity index (χ2n) is 4.46. The molecule has 0 saturated carbocycles. The number of aromatic hydroxyl groups is 1. The molecule has 0 amide bonds. The van der Waals surface area contributed by atoms with Crippen LogP contribution in [0.15, 0.2) is 30.4 Å². The van der Waals surface area contributed by atoms with Gasteiger partial charge in [0.1, 0.15) is 5.75 Å². The highest BCUT2D eigenvalue weighted by Gasteiger charge is 2.29. The van der Waals surface area contributed by atoms with Crippen molar-refractivity contribution in [3.8, 4) is 5.75 Å². The third kappa shape index (κ3) is 2.56. The fourth-order valence-electron chi connectivity index (χ4n) is 2.20. The summed E-state index contributed by atoms with van der Waals surface area (Å²) in [6, 6.07) is 5.25. The van der Waals surface area contributed by atoms with Gasteiger partial charge in [-0.1, -0.05) is 24.3 Å². The van der Waals surface area contributed by atoms with Crippen molar-refractivity contribution in [3.63, 3.8) is 0 Å². The summed E-state index contributed by atoms with van der Waals surface area (Å²) < 4.78 is 5.55. The van der Waals surface area contributed by atoms with Gasteiger partial charge in [-0.3, -0.25) is 0 Å². The predicted molar refractivity (Wildman–Crippen MR) is 67.1 cm³/mol. The lowest BCUT2D eigenvalue weighted by Crippen LogP contribution is -2.25. The molecule has 0 fully saturated rings. The molecule has 0 aliphatic carbocycles. The summed E-state index contributed by atoms with van der Waals surface area (Å²) in [4.78, 5) is 0. The zero-order valence-electron chi connectivity index (χ0n) is 10.3. The van der Waals surface area contributed by atoms with Gasteiger partial charge in [0.15, 0.2) is 0 Å². The SMILES string of the molecule is CC=C[C@H](O)[C@H](O)C[C@H]1OCc2c(O)cccc21. The van der Waals surface area contributed by atoms with E-state index in [-0.39, 0.29) is 11.9 Å². The summed E-state index contributed by atoms with van der Waals surface area (Å²) in [5.74, 6) is 0.221. The van der Waals surface area contributed by atoms with Crippen molar-refractivity contribution in [2.75, 3.05) is 0 Å². The second-order valence-corrected chi connectivity index (χ2v) is 4.46. The van der Waals surface area contributed by atoms with Crippen molar-refractivity contribution in [1.82, 2.24) is 0 Å². The van der Waals surface area contributed by atoms with Crippen LogP contribution in [0, 0.1) is 0 Å². The average Bonchev–Trinajstić information content (AvgIpc) is 2.74. The summed E-state index contributed by atoms with van der Waals surface area (Å²) in [6.07, 6.45) is 1.51. The monoisotopic (exact) mass is 250 g/mol. The lowest BCUT2D eigenvalue weighted by atomic mass is 9.98. The molecule has 0 bridgehead atoms. The molecule has 0 aromatic heterocycles. The van der Waals surface area contributed by atoms with Crippen LogP contribution in [0.2, 0.25) is 0 Å². The average molecular weight is 250 g/mol. The third-order valence-corrected chi connectivity index (χ3v) is 3.20. The highest BCUT2D eigenvalue weighted by Crippen LogP contribution is 2.38. The number of ether oxygens (including phenoxy) is 1. The van der Waals surface area contributed by atoms with Crippen LogP contribution in [0.3, 0.4) is 0 Å². The molecular formula is C14H18O4. The molecule has 4 nitrogen and oxygen atoms in total. The van der Waals surface area contributed by atoms with Crippen molar-refractivity contribution in [1.29, 1.82) is 0 Å². The minimum atomic E-state index is -0.889. The molecule has 4 heteroatoms. The number of hydrogen-bond donors (Lipinski definition) is 3. The molecule has 3 atom stereocenters. The molecule has 0 spiro atoms. The molecule has 98 valence electrons. The molecule has 0 unspecified atom stereocenters. The Morgan fingerprint density at radius 2 is 2.22 bits per heavy atom. The Balaban J connectivity index is 2.08. The molecule has 0 radical (unpaired) electrons. The van der Waals surface area contributed by atoms with Gasteiger partial charge in [-0.2, -0.15) is 0 Å². The first kappa shape index (κ1) is 13.1. The van der Waals surface area contributed by atoms with Gasteiger partial charge in [0.2, 0.25) is 0 Å². The molecule has 1 aromatic carbocycles. The lowest BCUT2D eigenvalue weighted by Gasteiger charge is -2.19. The Labute approximate surface area is 106 Å². The molecular weight excluding hydrogens is 232 g/mol. The van der Waals surface area contributed by atoms with E-state index in [0.717, 1.165) is 11.1 Å². The Morgan fingerprint density at radius 1 is 1.44 bits per heavy atom. The van der Waals surface area contributed by atoms with E-state index in [4.69, 9.17) is 4.74 Å². The van der Waals surface area contributed by atoms with E-state index in [0.29, 0.717) is 13.0 Å². The van der Waals surface area contributed by atoms with Crippen LogP contribution >= 0.6 is 0 Å². The van der Waals surface area contributed by atoms with Gasteiger partial charge >= 0.3 is 0 Å². The smallest absolute Gasteiger partial charge is 0.121 e.